The van der Waals surface area contributed by atoms with Crippen LogP contribution in [0.2, 0.25) is 0 Å². The van der Waals surface area contributed by atoms with Gasteiger partial charge in [-0.3, -0.25) is 4.79 Å². The number of halogens is 1. The Morgan fingerprint density at radius 2 is 1.73 bits per heavy atom. The largest absolute Gasteiger partial charge is 0.316 e. The first kappa shape index (κ1) is 9.78. The molecule has 0 aliphatic heterocycles. The van der Waals surface area contributed by atoms with Gasteiger partial charge in [0.2, 0.25) is 0 Å². The zero-order chi connectivity index (χ0) is 7.40. The predicted octanol–water partition coefficient (Wildman–Crippen LogP) is 2.01. The van der Waals surface area contributed by atoms with Crippen molar-refractivity contribution in [3.05, 3.63) is 40.8 Å². The average Bonchev–Trinajstić information content (AvgIpc) is 2.05. The molecule has 0 aromatic heterocycles. The van der Waals surface area contributed by atoms with Crippen LogP contribution < -0.4 is 0 Å². The quantitative estimate of drug-likeness (QED) is 0.607. The molecule has 0 N–H and O–H groups in total. The Labute approximate surface area is 69.8 Å². The third kappa shape index (κ3) is 2.47. The number of hydrogen-bond acceptors (Lipinski definition) is 2. The summed E-state index contributed by atoms with van der Waals surface area (Å²) in [7, 11) is 0. The Morgan fingerprint density at radius 1 is 1.18 bits per heavy atom. The van der Waals surface area contributed by atoms with E-state index in [0.717, 1.165) is 0 Å². The molecular weight excluding hydrogens is 166 g/mol. The van der Waals surface area contributed by atoms with Gasteiger partial charge in [0.15, 0.2) is 0 Å². The third-order valence-corrected chi connectivity index (χ3v) is 1.10. The van der Waals surface area contributed by atoms with E-state index in [1.54, 1.807) is 30.3 Å². The van der Waals surface area contributed by atoms with E-state index in [0.29, 0.717) is 5.56 Å². The molecule has 0 heterocycles. The molecule has 0 atom stereocenters. The van der Waals surface area contributed by atoms with E-state index in [-0.39, 0.29) is 12.4 Å². The Kier molecular flexibility index (Phi) is 4.07. The van der Waals surface area contributed by atoms with Gasteiger partial charge in [-0.05, 0) is 12.1 Å². The van der Waals surface area contributed by atoms with Crippen LogP contribution in [-0.4, -0.2) is 5.91 Å². The fraction of sp³-hybridized carbons (Fsp3) is 0. The molecule has 0 unspecified atom stereocenters. The molecule has 0 radical (unpaired) electrons. The van der Waals surface area contributed by atoms with Crippen molar-refractivity contribution in [1.29, 1.82) is 0 Å². The molecule has 4 heteroatoms. The van der Waals surface area contributed by atoms with Crippen molar-refractivity contribution in [2.75, 3.05) is 0 Å². The summed E-state index contributed by atoms with van der Waals surface area (Å²) in [5.41, 5.74) is 0.331. The molecule has 0 bridgehead atoms. The highest BCUT2D eigenvalue weighted by Crippen LogP contribution is 1.99. The van der Waals surface area contributed by atoms with Gasteiger partial charge < -0.3 is 0 Å². The molecule has 58 valence electrons. The SMILES string of the molecule is Cl.O=NC(=O)c1ccccc1. The Hall–Kier alpha value is -1.22. The van der Waals surface area contributed by atoms with E-state index in [1.807, 2.05) is 0 Å². The second-order valence-corrected chi connectivity index (χ2v) is 1.76. The lowest BCUT2D eigenvalue weighted by atomic mass is 10.2. The predicted molar refractivity (Wildman–Crippen MR) is 43.8 cm³/mol. The van der Waals surface area contributed by atoms with Crippen LogP contribution in [0.15, 0.2) is 35.5 Å². The minimum absolute atomic E-state index is 0. The lowest BCUT2D eigenvalue weighted by Gasteiger charge is -1.87. The first-order valence-electron chi connectivity index (χ1n) is 2.77. The summed E-state index contributed by atoms with van der Waals surface area (Å²) < 4.78 is 0. The van der Waals surface area contributed by atoms with Gasteiger partial charge >= 0.3 is 5.91 Å². The van der Waals surface area contributed by atoms with Crippen molar-refractivity contribution < 1.29 is 4.79 Å². The summed E-state index contributed by atoms with van der Waals surface area (Å²) in [5.74, 6) is -0.722. The maximum absolute atomic E-state index is 10.5. The zero-order valence-corrected chi connectivity index (χ0v) is 6.38. The number of carbonyl (C=O) groups excluding carboxylic acids is 1. The van der Waals surface area contributed by atoms with Gasteiger partial charge in [0.05, 0.1) is 0 Å². The average molecular weight is 172 g/mol. The molecule has 3 nitrogen and oxygen atoms in total. The van der Waals surface area contributed by atoms with Crippen LogP contribution in [0.5, 0.6) is 0 Å². The normalized spacial score (nSPS) is 8.00. The summed E-state index contributed by atoms with van der Waals surface area (Å²) in [5, 5.41) is 2.27. The van der Waals surface area contributed by atoms with Crippen LogP contribution in [-0.2, 0) is 0 Å². The Bertz CT molecular complexity index is 248. The van der Waals surface area contributed by atoms with E-state index in [4.69, 9.17) is 0 Å². The van der Waals surface area contributed by atoms with Crippen molar-refractivity contribution in [3.63, 3.8) is 0 Å². The number of rotatable bonds is 1. The number of nitroso groups, excluding NO2 is 1. The zero-order valence-electron chi connectivity index (χ0n) is 5.56. The molecule has 0 aliphatic rings. The van der Waals surface area contributed by atoms with Crippen molar-refractivity contribution >= 4 is 18.3 Å². The second kappa shape index (κ2) is 4.57. The van der Waals surface area contributed by atoms with E-state index in [9.17, 15) is 9.70 Å². The van der Waals surface area contributed by atoms with Gasteiger partial charge in [-0.15, -0.1) is 17.3 Å². The monoisotopic (exact) mass is 171 g/mol. The molecule has 0 saturated carbocycles. The lowest BCUT2D eigenvalue weighted by molar-refractivity contribution is 0.100. The molecule has 1 aromatic carbocycles. The van der Waals surface area contributed by atoms with Crippen molar-refractivity contribution in [2.45, 2.75) is 0 Å². The number of nitrogens with zero attached hydrogens (tertiary/aromatic N) is 1. The summed E-state index contributed by atoms with van der Waals surface area (Å²) in [4.78, 5) is 20.2. The van der Waals surface area contributed by atoms with Crippen LogP contribution in [0, 0.1) is 4.91 Å². The van der Waals surface area contributed by atoms with E-state index in [2.05, 4.69) is 5.18 Å². The number of amides is 1. The van der Waals surface area contributed by atoms with Gasteiger partial charge in [-0.1, -0.05) is 18.2 Å². The molecule has 1 amide bonds. The van der Waals surface area contributed by atoms with E-state index in [1.165, 1.54) is 0 Å². The van der Waals surface area contributed by atoms with Crippen LogP contribution in [0.4, 0.5) is 0 Å². The number of benzene rings is 1. The van der Waals surface area contributed by atoms with Gasteiger partial charge in [0, 0.05) is 10.7 Å². The topological polar surface area (TPSA) is 46.5 Å². The minimum atomic E-state index is -0.722. The van der Waals surface area contributed by atoms with Gasteiger partial charge in [-0.2, -0.15) is 0 Å². The van der Waals surface area contributed by atoms with Crippen LogP contribution >= 0.6 is 12.4 Å². The van der Waals surface area contributed by atoms with Crippen LogP contribution in [0.25, 0.3) is 0 Å². The molecular formula is C7H6ClNO2. The number of carbonyl (C=O) groups is 1. The van der Waals surface area contributed by atoms with Crippen molar-refractivity contribution in [1.82, 2.24) is 0 Å². The van der Waals surface area contributed by atoms with Crippen LogP contribution in [0.3, 0.4) is 0 Å². The lowest BCUT2D eigenvalue weighted by Crippen LogP contribution is -1.90. The Morgan fingerprint density at radius 3 is 2.18 bits per heavy atom. The van der Waals surface area contributed by atoms with Crippen molar-refractivity contribution in [3.8, 4) is 0 Å². The Balaban J connectivity index is 0.000001000. The fourth-order valence-electron chi connectivity index (χ4n) is 0.633. The van der Waals surface area contributed by atoms with Gasteiger partial charge in [0.25, 0.3) is 0 Å². The maximum atomic E-state index is 10.5. The highest BCUT2D eigenvalue weighted by Gasteiger charge is 2.01. The first-order valence-corrected chi connectivity index (χ1v) is 2.77. The molecule has 0 saturated heterocycles. The second-order valence-electron chi connectivity index (χ2n) is 1.76. The van der Waals surface area contributed by atoms with E-state index < -0.39 is 5.91 Å². The highest BCUT2D eigenvalue weighted by molar-refractivity contribution is 5.94. The number of hydrogen-bond donors (Lipinski definition) is 0. The fourth-order valence-corrected chi connectivity index (χ4v) is 0.633. The molecule has 1 rings (SSSR count). The van der Waals surface area contributed by atoms with Crippen LogP contribution in [0.1, 0.15) is 10.4 Å². The summed E-state index contributed by atoms with van der Waals surface area (Å²) >= 11 is 0. The highest BCUT2D eigenvalue weighted by atomic mass is 35.5. The molecule has 0 fully saturated rings. The standard InChI is InChI=1S/C7H5NO2.ClH/c9-7(8-10)6-4-2-1-3-5-6;/h1-5H;1H. The summed E-state index contributed by atoms with van der Waals surface area (Å²) in [6, 6.07) is 8.21. The smallest absolute Gasteiger partial charge is 0.263 e. The summed E-state index contributed by atoms with van der Waals surface area (Å²) in [6.07, 6.45) is 0. The third-order valence-electron chi connectivity index (χ3n) is 1.10. The van der Waals surface area contributed by atoms with E-state index >= 15 is 0 Å². The first-order chi connectivity index (χ1) is 4.84. The van der Waals surface area contributed by atoms with Crippen molar-refractivity contribution in [2.24, 2.45) is 5.18 Å². The molecule has 11 heavy (non-hydrogen) atoms. The van der Waals surface area contributed by atoms with Gasteiger partial charge in [-0.25, -0.2) is 0 Å². The molecule has 1 aromatic rings. The molecule has 0 aliphatic carbocycles. The maximum Gasteiger partial charge on any atom is 0.316 e. The van der Waals surface area contributed by atoms with Gasteiger partial charge in [0.1, 0.15) is 0 Å². The molecule has 0 spiro atoms. The summed E-state index contributed by atoms with van der Waals surface area (Å²) in [6.45, 7) is 0. The minimum Gasteiger partial charge on any atom is -0.263 e.